The number of hydrogen-bond acceptors (Lipinski definition) is 6. The number of nitrogens with zero attached hydrogens (tertiary/aromatic N) is 3. The number of likely N-dealkylation sites (tertiary alicyclic amines) is 1. The van der Waals surface area contributed by atoms with E-state index in [1.54, 1.807) is 30.3 Å². The molecule has 204 valence electrons. The van der Waals surface area contributed by atoms with Gasteiger partial charge >= 0.3 is 0 Å². The summed E-state index contributed by atoms with van der Waals surface area (Å²) in [7, 11) is 0. The van der Waals surface area contributed by atoms with Gasteiger partial charge in [-0.1, -0.05) is 12.1 Å². The van der Waals surface area contributed by atoms with E-state index in [9.17, 15) is 23.2 Å². The lowest BCUT2D eigenvalue weighted by molar-refractivity contribution is -0.0958. The molecule has 2 aromatic rings. The fourth-order valence-corrected chi connectivity index (χ4v) is 5.82. The molecule has 4 heterocycles. The van der Waals surface area contributed by atoms with Crippen LogP contribution in [0.2, 0.25) is 0 Å². The lowest BCUT2D eigenvalue weighted by Crippen LogP contribution is -2.63. The smallest absolute Gasteiger partial charge is 0.280 e. The molecule has 2 fully saturated rings. The van der Waals surface area contributed by atoms with Crippen molar-refractivity contribution in [3.63, 3.8) is 0 Å². The zero-order valence-electron chi connectivity index (χ0n) is 21.5. The molecule has 0 unspecified atom stereocenters. The highest BCUT2D eigenvalue weighted by molar-refractivity contribution is 6.22. The summed E-state index contributed by atoms with van der Waals surface area (Å²) in [5.41, 5.74) is 1.31. The molecule has 39 heavy (non-hydrogen) atoms. The van der Waals surface area contributed by atoms with Crippen molar-refractivity contribution < 1.29 is 27.9 Å². The first-order chi connectivity index (χ1) is 18.6. The molecule has 2 bridgehead atoms. The second-order valence-corrected chi connectivity index (χ2v) is 10.8. The number of carbonyl (C=O) groups is 3. The number of aliphatic imine (C=N–C) groups is 1. The maximum absolute atomic E-state index is 13.8. The molecule has 4 aliphatic rings. The van der Waals surface area contributed by atoms with Crippen LogP contribution in [0.5, 0.6) is 0 Å². The number of para-hydroxylation sites is 1. The number of alkyl halides is 2. The van der Waals surface area contributed by atoms with E-state index in [1.807, 2.05) is 17.9 Å². The zero-order valence-corrected chi connectivity index (χ0v) is 21.5. The van der Waals surface area contributed by atoms with Crippen LogP contribution in [0, 0.1) is 0 Å². The minimum absolute atomic E-state index is 0.107. The second-order valence-electron chi connectivity index (χ2n) is 10.8. The molecule has 0 saturated carbocycles. The van der Waals surface area contributed by atoms with Gasteiger partial charge in [0.15, 0.2) is 0 Å². The Morgan fingerprint density at radius 3 is 2.64 bits per heavy atom. The molecule has 1 spiro atoms. The molecule has 11 heteroatoms. The average Bonchev–Trinajstić information content (AvgIpc) is 3.43. The van der Waals surface area contributed by atoms with Gasteiger partial charge in [0.1, 0.15) is 12.2 Å². The first-order valence-corrected chi connectivity index (χ1v) is 13.2. The van der Waals surface area contributed by atoms with Crippen LogP contribution < -0.4 is 15.5 Å². The minimum atomic E-state index is -2.88. The minimum Gasteiger partial charge on any atom is -0.365 e. The summed E-state index contributed by atoms with van der Waals surface area (Å²) in [4.78, 5) is 47.1. The number of rotatable bonds is 1. The van der Waals surface area contributed by atoms with Crippen molar-refractivity contribution in [2.45, 2.75) is 50.2 Å². The summed E-state index contributed by atoms with van der Waals surface area (Å²) in [6.07, 6.45) is 1.89. The Hall–Kier alpha value is -3.86. The lowest BCUT2D eigenvalue weighted by atomic mass is 9.89. The Kier molecular flexibility index (Phi) is 6.13. The average molecular weight is 538 g/mol. The Morgan fingerprint density at radius 2 is 1.87 bits per heavy atom. The third-order valence-electron chi connectivity index (χ3n) is 7.75. The van der Waals surface area contributed by atoms with Gasteiger partial charge in [-0.25, -0.2) is 8.78 Å². The van der Waals surface area contributed by atoms with Crippen molar-refractivity contribution in [2.24, 2.45) is 4.99 Å². The van der Waals surface area contributed by atoms with Gasteiger partial charge in [-0.05, 0) is 56.5 Å². The van der Waals surface area contributed by atoms with Gasteiger partial charge in [0.25, 0.3) is 23.6 Å². The molecule has 0 aliphatic carbocycles. The van der Waals surface area contributed by atoms with Gasteiger partial charge in [-0.15, -0.1) is 0 Å². The molecule has 2 saturated heterocycles. The van der Waals surface area contributed by atoms with E-state index in [0.29, 0.717) is 41.4 Å². The Bertz CT molecular complexity index is 1390. The van der Waals surface area contributed by atoms with E-state index in [4.69, 9.17) is 4.74 Å². The number of anilines is 2. The predicted octanol–water partition coefficient (Wildman–Crippen LogP) is 3.67. The molecule has 6 rings (SSSR count). The van der Waals surface area contributed by atoms with Crippen LogP contribution in [-0.4, -0.2) is 72.4 Å². The predicted molar refractivity (Wildman–Crippen MR) is 141 cm³/mol. The highest BCUT2D eigenvalue weighted by Gasteiger charge is 2.58. The number of amides is 3. The fourth-order valence-electron chi connectivity index (χ4n) is 5.82. The number of guanidine groups is 1. The summed E-state index contributed by atoms with van der Waals surface area (Å²) in [5.74, 6) is -3.62. The van der Waals surface area contributed by atoms with Crippen LogP contribution in [0.4, 0.5) is 20.2 Å². The topological polar surface area (TPSA) is 103 Å². The van der Waals surface area contributed by atoms with E-state index >= 15 is 0 Å². The number of hydrogen-bond donors (Lipinski definition) is 2. The quantitative estimate of drug-likeness (QED) is 0.576. The normalized spacial score (nSPS) is 25.0. The molecular formula is C28H29F2N5O4. The molecule has 3 amide bonds. The first kappa shape index (κ1) is 25.4. The Morgan fingerprint density at radius 1 is 1.10 bits per heavy atom. The van der Waals surface area contributed by atoms with Crippen molar-refractivity contribution in [1.29, 1.82) is 0 Å². The van der Waals surface area contributed by atoms with Crippen LogP contribution in [-0.2, 0) is 4.74 Å². The number of halogens is 2. The molecule has 2 N–H and O–H groups in total. The Balaban J connectivity index is 1.33. The summed E-state index contributed by atoms with van der Waals surface area (Å²) >= 11 is 0. The molecular weight excluding hydrogens is 508 g/mol. The van der Waals surface area contributed by atoms with Crippen molar-refractivity contribution >= 4 is 35.1 Å². The number of carbonyl (C=O) groups excluding carboxylic acids is 3. The first-order valence-electron chi connectivity index (χ1n) is 13.2. The largest absolute Gasteiger partial charge is 0.365 e. The van der Waals surface area contributed by atoms with Gasteiger partial charge < -0.3 is 25.2 Å². The highest BCUT2D eigenvalue weighted by atomic mass is 19.3. The molecule has 2 aromatic carbocycles. The molecule has 9 nitrogen and oxygen atoms in total. The third-order valence-corrected chi connectivity index (χ3v) is 7.75. The fraction of sp³-hybridized carbons (Fsp3) is 0.429. The van der Waals surface area contributed by atoms with Gasteiger partial charge in [-0.3, -0.25) is 14.4 Å². The number of benzene rings is 2. The third kappa shape index (κ3) is 4.64. The van der Waals surface area contributed by atoms with Gasteiger partial charge in [-0.2, -0.15) is 4.99 Å². The van der Waals surface area contributed by atoms with Crippen molar-refractivity contribution in [2.75, 3.05) is 36.5 Å². The van der Waals surface area contributed by atoms with E-state index in [0.717, 1.165) is 12.8 Å². The van der Waals surface area contributed by atoms with Gasteiger partial charge in [0.2, 0.25) is 5.96 Å². The maximum atomic E-state index is 13.8. The van der Waals surface area contributed by atoms with Crippen LogP contribution in [0.3, 0.4) is 0 Å². The molecule has 1 atom stereocenters. The van der Waals surface area contributed by atoms with Crippen LogP contribution >= 0.6 is 0 Å². The van der Waals surface area contributed by atoms with Gasteiger partial charge in [0, 0.05) is 30.1 Å². The molecule has 0 aromatic heterocycles. The SMILES string of the molecule is C[C@H]1CCCCNC(=O)c2cccc(c2)C(=O)/N=C2\Nc3cccc(C(=O)N4CC5(C4)CC(F)(F)CO5)c3N21. The second kappa shape index (κ2) is 9.41. The van der Waals surface area contributed by atoms with E-state index in [2.05, 4.69) is 15.6 Å². The number of nitrogens with one attached hydrogen (secondary N) is 2. The molecule has 0 radical (unpaired) electrons. The number of fused-ring (bicyclic) bond motifs is 5. The standard InChI is InChI=1S/C28H29F2N5O4/c1-17-6-2-3-11-31-23(36)18-7-4-8-19(12-18)24(37)33-26-32-21-10-5-9-20(22(21)35(17)26)25(38)34-14-27(15-34)13-28(29,30)16-39-27/h4-5,7-10,12,17H,2-3,6,11,13-16H2,1H3,(H,31,36)(H,32,33,37)/t17-/m0/s1. The van der Waals surface area contributed by atoms with Crippen LogP contribution in [0.25, 0.3) is 0 Å². The monoisotopic (exact) mass is 537 g/mol. The van der Waals surface area contributed by atoms with Gasteiger partial charge in [0.05, 0.1) is 30.0 Å². The van der Waals surface area contributed by atoms with Crippen molar-refractivity contribution in [1.82, 2.24) is 10.2 Å². The summed E-state index contributed by atoms with van der Waals surface area (Å²) in [6.45, 7) is 2.09. The maximum Gasteiger partial charge on any atom is 0.280 e. The number of ether oxygens (including phenoxy) is 1. The summed E-state index contributed by atoms with van der Waals surface area (Å²) < 4.78 is 32.9. The highest BCUT2D eigenvalue weighted by Crippen LogP contribution is 2.45. The van der Waals surface area contributed by atoms with E-state index in [-0.39, 0.29) is 42.9 Å². The van der Waals surface area contributed by atoms with Crippen molar-refractivity contribution in [3.05, 3.63) is 59.2 Å². The lowest BCUT2D eigenvalue weighted by Gasteiger charge is -2.47. The van der Waals surface area contributed by atoms with Crippen LogP contribution in [0.15, 0.2) is 47.5 Å². The van der Waals surface area contributed by atoms with Crippen LogP contribution in [0.1, 0.15) is 63.7 Å². The van der Waals surface area contributed by atoms with Crippen molar-refractivity contribution in [3.8, 4) is 0 Å². The zero-order chi connectivity index (χ0) is 27.4. The van der Waals surface area contributed by atoms with E-state index in [1.165, 1.54) is 11.0 Å². The Labute approximate surface area is 224 Å². The summed E-state index contributed by atoms with van der Waals surface area (Å²) in [6, 6.07) is 11.6. The molecule has 4 aliphatic heterocycles. The summed E-state index contributed by atoms with van der Waals surface area (Å²) in [5, 5.41) is 6.10. The van der Waals surface area contributed by atoms with E-state index < -0.39 is 24.0 Å².